The summed E-state index contributed by atoms with van der Waals surface area (Å²) in [6, 6.07) is 20.8. The van der Waals surface area contributed by atoms with E-state index in [1.165, 1.54) is 12.1 Å². The molecule has 1 N–H and O–H groups in total. The van der Waals surface area contributed by atoms with Gasteiger partial charge < -0.3 is 9.84 Å². The molecule has 0 atom stereocenters. The summed E-state index contributed by atoms with van der Waals surface area (Å²) >= 11 is 12.1. The van der Waals surface area contributed by atoms with Crippen LogP contribution in [0.1, 0.15) is 27.0 Å². The summed E-state index contributed by atoms with van der Waals surface area (Å²) in [5.41, 5.74) is 2.86. The van der Waals surface area contributed by atoms with Crippen LogP contribution in [0, 0.1) is 11.3 Å². The largest absolute Gasteiger partial charge is 0.488 e. The maximum absolute atomic E-state index is 11.0. The summed E-state index contributed by atoms with van der Waals surface area (Å²) < 4.78 is 5.90. The van der Waals surface area contributed by atoms with E-state index in [0.717, 1.165) is 11.1 Å². The second-order valence-electron chi connectivity index (χ2n) is 6.15. The molecule has 3 rings (SSSR count). The Balaban J connectivity index is 1.86. The molecule has 0 amide bonds. The Kier molecular flexibility index (Phi) is 6.56. The maximum Gasteiger partial charge on any atom is 0.335 e. The normalized spacial score (nSPS) is 11.0. The minimum absolute atomic E-state index is 0.213. The van der Waals surface area contributed by atoms with Gasteiger partial charge in [0.05, 0.1) is 17.2 Å². The first-order chi connectivity index (χ1) is 14.0. The molecule has 0 radical (unpaired) electrons. The first kappa shape index (κ1) is 20.5. The minimum atomic E-state index is -0.978. The van der Waals surface area contributed by atoms with E-state index >= 15 is 0 Å². The van der Waals surface area contributed by atoms with Gasteiger partial charge in [-0.15, -0.1) is 0 Å². The van der Waals surface area contributed by atoms with E-state index in [0.29, 0.717) is 26.9 Å². The fourth-order valence-corrected chi connectivity index (χ4v) is 2.94. The van der Waals surface area contributed by atoms with Crippen molar-refractivity contribution in [1.82, 2.24) is 0 Å². The Morgan fingerprint density at radius 1 is 0.966 bits per heavy atom. The van der Waals surface area contributed by atoms with Crippen LogP contribution in [0.25, 0.3) is 11.6 Å². The second kappa shape index (κ2) is 9.29. The highest BCUT2D eigenvalue weighted by Crippen LogP contribution is 2.29. The zero-order valence-electron chi connectivity index (χ0n) is 15.1. The predicted molar refractivity (Wildman–Crippen MR) is 114 cm³/mol. The number of allylic oxidation sites excluding steroid dienone is 1. The van der Waals surface area contributed by atoms with E-state index in [1.807, 2.05) is 0 Å². The number of aromatic carboxylic acids is 1. The van der Waals surface area contributed by atoms with E-state index in [2.05, 4.69) is 6.07 Å². The van der Waals surface area contributed by atoms with E-state index in [-0.39, 0.29) is 12.2 Å². The molecule has 0 aliphatic carbocycles. The lowest BCUT2D eigenvalue weighted by Crippen LogP contribution is -2.00. The van der Waals surface area contributed by atoms with Gasteiger partial charge in [-0.2, -0.15) is 5.26 Å². The molecular formula is C23H15Cl2NO3. The number of carbonyl (C=O) groups is 1. The van der Waals surface area contributed by atoms with Crippen molar-refractivity contribution in [2.45, 2.75) is 6.61 Å². The molecule has 144 valence electrons. The Morgan fingerprint density at radius 3 is 2.21 bits per heavy atom. The van der Waals surface area contributed by atoms with Gasteiger partial charge in [-0.3, -0.25) is 0 Å². The van der Waals surface area contributed by atoms with Crippen LogP contribution in [0.15, 0.2) is 66.7 Å². The van der Waals surface area contributed by atoms with Crippen LogP contribution in [-0.4, -0.2) is 11.1 Å². The van der Waals surface area contributed by atoms with Crippen molar-refractivity contribution in [3.63, 3.8) is 0 Å². The highest BCUT2D eigenvalue weighted by atomic mass is 35.5. The number of nitrogens with zero attached hydrogens (tertiary/aromatic N) is 1. The smallest absolute Gasteiger partial charge is 0.335 e. The third kappa shape index (κ3) is 5.39. The van der Waals surface area contributed by atoms with E-state index < -0.39 is 5.97 Å². The fraction of sp³-hybridized carbons (Fsp3) is 0.0435. The van der Waals surface area contributed by atoms with Crippen LogP contribution in [0.5, 0.6) is 5.75 Å². The summed E-state index contributed by atoms with van der Waals surface area (Å²) in [6.45, 7) is 0.241. The van der Waals surface area contributed by atoms with Crippen LogP contribution in [0.4, 0.5) is 0 Å². The monoisotopic (exact) mass is 423 g/mol. The molecule has 29 heavy (non-hydrogen) atoms. The molecular weight excluding hydrogens is 409 g/mol. The fourth-order valence-electron chi connectivity index (χ4n) is 2.63. The summed E-state index contributed by atoms with van der Waals surface area (Å²) in [5, 5.41) is 19.7. The highest BCUT2D eigenvalue weighted by Gasteiger charge is 2.08. The van der Waals surface area contributed by atoms with E-state index in [4.69, 9.17) is 33.0 Å². The van der Waals surface area contributed by atoms with Gasteiger partial charge in [0, 0.05) is 15.6 Å². The van der Waals surface area contributed by atoms with Gasteiger partial charge in [-0.1, -0.05) is 47.5 Å². The number of carboxylic acids is 1. The van der Waals surface area contributed by atoms with Crippen LogP contribution in [-0.2, 0) is 6.61 Å². The molecule has 3 aromatic carbocycles. The number of carboxylic acid groups (broad SMARTS) is 1. The number of halogens is 2. The van der Waals surface area contributed by atoms with Gasteiger partial charge in [0.2, 0.25) is 0 Å². The Labute approximate surface area is 178 Å². The number of hydrogen-bond acceptors (Lipinski definition) is 3. The third-order valence-corrected chi connectivity index (χ3v) is 4.63. The second-order valence-corrected chi connectivity index (χ2v) is 7.02. The molecule has 0 unspecified atom stereocenters. The Hall–Kier alpha value is -3.26. The third-order valence-electron chi connectivity index (χ3n) is 4.14. The maximum atomic E-state index is 11.0. The average Bonchev–Trinajstić information content (AvgIpc) is 2.72. The van der Waals surface area contributed by atoms with Crippen molar-refractivity contribution in [2.75, 3.05) is 0 Å². The minimum Gasteiger partial charge on any atom is -0.488 e. The molecule has 0 aromatic heterocycles. The van der Waals surface area contributed by atoms with Gasteiger partial charge in [-0.25, -0.2) is 4.79 Å². The number of benzene rings is 3. The lowest BCUT2D eigenvalue weighted by atomic mass is 10.0. The molecule has 0 saturated carbocycles. The molecule has 4 nitrogen and oxygen atoms in total. The topological polar surface area (TPSA) is 70.3 Å². The average molecular weight is 424 g/mol. The predicted octanol–water partition coefficient (Wildman–Crippen LogP) is 6.33. The van der Waals surface area contributed by atoms with Crippen molar-refractivity contribution in [1.29, 1.82) is 5.26 Å². The molecule has 3 aromatic rings. The lowest BCUT2D eigenvalue weighted by molar-refractivity contribution is 0.0697. The molecule has 0 heterocycles. The Bertz CT molecular complexity index is 1100. The first-order valence-corrected chi connectivity index (χ1v) is 9.34. The van der Waals surface area contributed by atoms with Gasteiger partial charge in [0.25, 0.3) is 0 Å². The van der Waals surface area contributed by atoms with Crippen molar-refractivity contribution in [3.05, 3.63) is 99.0 Å². The quantitative estimate of drug-likeness (QED) is 0.371. The zero-order chi connectivity index (χ0) is 20.8. The van der Waals surface area contributed by atoms with Gasteiger partial charge in [0.1, 0.15) is 12.4 Å². The first-order valence-electron chi connectivity index (χ1n) is 8.58. The standard InChI is InChI=1S/C23H15Cl2NO3/c24-20-7-5-16(6-8-20)19(13-26)11-18-12-21(25)9-10-22(18)29-14-15-1-3-17(4-2-15)23(27)28/h1-12H,14H2,(H,27,28)/b19-11+. The molecule has 0 spiro atoms. The van der Waals surface area contributed by atoms with E-state index in [9.17, 15) is 10.1 Å². The van der Waals surface area contributed by atoms with Crippen LogP contribution in [0.2, 0.25) is 10.0 Å². The van der Waals surface area contributed by atoms with Gasteiger partial charge >= 0.3 is 5.97 Å². The molecule has 0 saturated heterocycles. The van der Waals surface area contributed by atoms with Crippen molar-refractivity contribution in [3.8, 4) is 11.8 Å². The summed E-state index contributed by atoms with van der Waals surface area (Å²) in [6.07, 6.45) is 1.71. The number of rotatable bonds is 6. The molecule has 0 aliphatic heterocycles. The van der Waals surface area contributed by atoms with Crippen molar-refractivity contribution in [2.24, 2.45) is 0 Å². The molecule has 0 aliphatic rings. The van der Waals surface area contributed by atoms with Crippen LogP contribution >= 0.6 is 23.2 Å². The molecule has 0 bridgehead atoms. The number of hydrogen-bond donors (Lipinski definition) is 1. The molecule has 0 fully saturated rings. The molecule has 6 heteroatoms. The van der Waals surface area contributed by atoms with E-state index in [1.54, 1.807) is 60.7 Å². The van der Waals surface area contributed by atoms with Gasteiger partial charge in [0.15, 0.2) is 0 Å². The van der Waals surface area contributed by atoms with Gasteiger partial charge in [-0.05, 0) is 59.7 Å². The number of ether oxygens (including phenoxy) is 1. The SMILES string of the molecule is N#C/C(=C\c1cc(Cl)ccc1OCc1ccc(C(=O)O)cc1)c1ccc(Cl)cc1. The zero-order valence-corrected chi connectivity index (χ0v) is 16.6. The highest BCUT2D eigenvalue weighted by molar-refractivity contribution is 6.31. The van der Waals surface area contributed by atoms with Crippen LogP contribution in [0.3, 0.4) is 0 Å². The Morgan fingerprint density at radius 2 is 1.59 bits per heavy atom. The van der Waals surface area contributed by atoms with Crippen molar-refractivity contribution >= 4 is 40.8 Å². The lowest BCUT2D eigenvalue weighted by Gasteiger charge is -2.11. The summed E-state index contributed by atoms with van der Waals surface area (Å²) in [7, 11) is 0. The summed E-state index contributed by atoms with van der Waals surface area (Å²) in [4.78, 5) is 11.0. The van der Waals surface area contributed by atoms with Crippen LogP contribution < -0.4 is 4.74 Å². The number of nitriles is 1. The summed E-state index contributed by atoms with van der Waals surface area (Å²) in [5.74, 6) is -0.424. The van der Waals surface area contributed by atoms with Crippen molar-refractivity contribution < 1.29 is 14.6 Å².